The van der Waals surface area contributed by atoms with E-state index in [9.17, 15) is 0 Å². The Labute approximate surface area is 204 Å². The number of hydrogen-bond acceptors (Lipinski definition) is 1. The lowest BCUT2D eigenvalue weighted by molar-refractivity contribution is -0.932. The molecule has 1 aliphatic heterocycles. The van der Waals surface area contributed by atoms with E-state index in [0.717, 1.165) is 42.5 Å². The summed E-state index contributed by atoms with van der Waals surface area (Å²) in [6, 6.07) is 16.5. The molecule has 31 heavy (non-hydrogen) atoms. The van der Waals surface area contributed by atoms with Gasteiger partial charge in [0.05, 0.1) is 32.8 Å². The molecule has 0 N–H and O–H groups in total. The van der Waals surface area contributed by atoms with E-state index in [-0.39, 0.29) is 12.4 Å². The SMILES string of the molecule is Clc1ccc(CCCOCCC[N+]2(CCCc3ccc(Cl)cc3)CCCCC2)cc1.[Cl-]. The fourth-order valence-corrected chi connectivity index (χ4v) is 4.90. The summed E-state index contributed by atoms with van der Waals surface area (Å²) < 4.78 is 7.24. The van der Waals surface area contributed by atoms with Crippen molar-refractivity contribution in [1.29, 1.82) is 0 Å². The van der Waals surface area contributed by atoms with Gasteiger partial charge in [0.2, 0.25) is 0 Å². The summed E-state index contributed by atoms with van der Waals surface area (Å²) in [6.07, 6.45) is 9.86. The fourth-order valence-electron chi connectivity index (χ4n) is 4.65. The molecule has 0 aromatic heterocycles. The standard InChI is InChI=1S/C26H36Cl2NO.ClH/c27-25-13-9-23(10-14-25)7-4-19-29(17-2-1-3-18-29)20-6-22-30-21-5-8-24-11-15-26(28)16-12-24;/h9-16H,1-8,17-22H2;1H/q+1;/p-1. The van der Waals surface area contributed by atoms with Crippen LogP contribution in [-0.2, 0) is 17.6 Å². The Morgan fingerprint density at radius 1 is 0.645 bits per heavy atom. The summed E-state index contributed by atoms with van der Waals surface area (Å²) in [7, 11) is 0. The number of rotatable bonds is 12. The number of piperidine rings is 1. The highest BCUT2D eigenvalue weighted by Gasteiger charge is 2.28. The average molecular weight is 485 g/mol. The molecule has 2 aromatic carbocycles. The quantitative estimate of drug-likeness (QED) is 0.327. The average Bonchev–Trinajstić information content (AvgIpc) is 2.76. The van der Waals surface area contributed by atoms with Gasteiger partial charge in [-0.1, -0.05) is 47.5 Å². The molecule has 2 aromatic rings. The lowest BCUT2D eigenvalue weighted by Crippen LogP contribution is -3.00. The molecule has 1 saturated heterocycles. The first-order chi connectivity index (χ1) is 14.7. The number of hydrogen-bond donors (Lipinski definition) is 0. The van der Waals surface area contributed by atoms with Crippen molar-refractivity contribution in [3.05, 3.63) is 69.7 Å². The van der Waals surface area contributed by atoms with Crippen molar-refractivity contribution >= 4 is 23.2 Å². The van der Waals surface area contributed by atoms with Gasteiger partial charge < -0.3 is 21.6 Å². The smallest absolute Gasteiger partial charge is 0.0808 e. The molecule has 0 amide bonds. The Morgan fingerprint density at radius 3 is 1.71 bits per heavy atom. The molecule has 0 unspecified atom stereocenters. The van der Waals surface area contributed by atoms with Crippen molar-refractivity contribution in [3.8, 4) is 0 Å². The Hall–Kier alpha value is -0.770. The van der Waals surface area contributed by atoms with Gasteiger partial charge in [0.15, 0.2) is 0 Å². The van der Waals surface area contributed by atoms with Crippen LogP contribution in [0.2, 0.25) is 10.0 Å². The van der Waals surface area contributed by atoms with Gasteiger partial charge in [0.1, 0.15) is 0 Å². The van der Waals surface area contributed by atoms with Gasteiger partial charge in [-0.3, -0.25) is 0 Å². The molecule has 0 radical (unpaired) electrons. The maximum Gasteiger partial charge on any atom is 0.0808 e. The number of likely N-dealkylation sites (tertiary alicyclic amines) is 1. The first kappa shape index (κ1) is 26.5. The zero-order valence-corrected chi connectivity index (χ0v) is 20.8. The van der Waals surface area contributed by atoms with Crippen LogP contribution in [0.15, 0.2) is 48.5 Å². The Kier molecular flexibility index (Phi) is 12.3. The minimum absolute atomic E-state index is 0. The van der Waals surface area contributed by atoms with E-state index in [1.54, 1.807) is 0 Å². The second-order valence-electron chi connectivity index (χ2n) is 8.72. The van der Waals surface area contributed by atoms with Crippen LogP contribution in [0.3, 0.4) is 0 Å². The Bertz CT molecular complexity index is 727. The van der Waals surface area contributed by atoms with Gasteiger partial charge >= 0.3 is 0 Å². The van der Waals surface area contributed by atoms with Crippen LogP contribution in [-0.4, -0.2) is 43.9 Å². The molecule has 0 aliphatic carbocycles. The highest BCUT2D eigenvalue weighted by molar-refractivity contribution is 6.30. The van der Waals surface area contributed by atoms with Crippen LogP contribution in [0, 0.1) is 0 Å². The van der Waals surface area contributed by atoms with Crippen LogP contribution in [0.5, 0.6) is 0 Å². The minimum atomic E-state index is 0. The van der Waals surface area contributed by atoms with Gasteiger partial charge in [-0.15, -0.1) is 0 Å². The summed E-state index contributed by atoms with van der Waals surface area (Å²) >= 11 is 12.0. The first-order valence-corrected chi connectivity index (χ1v) is 12.3. The number of halogens is 3. The molecular formula is C26H36Cl3NO. The van der Waals surface area contributed by atoms with Gasteiger partial charge in [-0.05, 0) is 73.9 Å². The zero-order valence-electron chi connectivity index (χ0n) is 18.5. The molecule has 0 spiro atoms. The predicted octanol–water partition coefficient (Wildman–Crippen LogP) is 3.97. The molecule has 5 heteroatoms. The van der Waals surface area contributed by atoms with Crippen molar-refractivity contribution in [2.45, 2.75) is 51.4 Å². The van der Waals surface area contributed by atoms with Gasteiger partial charge in [-0.25, -0.2) is 0 Å². The van der Waals surface area contributed by atoms with Crippen LogP contribution >= 0.6 is 23.2 Å². The number of ether oxygens (including phenoxy) is 1. The molecule has 172 valence electrons. The summed E-state index contributed by atoms with van der Waals surface area (Å²) in [5, 5.41) is 1.63. The summed E-state index contributed by atoms with van der Waals surface area (Å²) in [5.41, 5.74) is 2.74. The van der Waals surface area contributed by atoms with Gasteiger partial charge in [0, 0.05) is 29.5 Å². The van der Waals surface area contributed by atoms with E-state index < -0.39 is 0 Å². The van der Waals surface area contributed by atoms with E-state index in [0.29, 0.717) is 0 Å². The fraction of sp³-hybridized carbons (Fsp3) is 0.538. The summed E-state index contributed by atoms with van der Waals surface area (Å²) in [5.74, 6) is 0. The van der Waals surface area contributed by atoms with Crippen LogP contribution in [0.4, 0.5) is 0 Å². The molecule has 0 atom stereocenters. The van der Waals surface area contributed by atoms with Crippen LogP contribution < -0.4 is 12.4 Å². The molecule has 0 saturated carbocycles. The van der Waals surface area contributed by atoms with Crippen molar-refractivity contribution in [2.75, 3.05) is 39.4 Å². The number of quaternary nitrogens is 1. The first-order valence-electron chi connectivity index (χ1n) is 11.6. The van der Waals surface area contributed by atoms with Crippen molar-refractivity contribution in [1.82, 2.24) is 0 Å². The molecule has 3 rings (SSSR count). The maximum absolute atomic E-state index is 6.01. The second kappa shape index (κ2) is 14.4. The van der Waals surface area contributed by atoms with Crippen molar-refractivity contribution < 1.29 is 21.6 Å². The zero-order chi connectivity index (χ0) is 21.1. The van der Waals surface area contributed by atoms with E-state index in [1.165, 1.54) is 73.9 Å². The lowest BCUT2D eigenvalue weighted by atomic mass is 10.0. The van der Waals surface area contributed by atoms with E-state index in [4.69, 9.17) is 27.9 Å². The molecule has 2 nitrogen and oxygen atoms in total. The van der Waals surface area contributed by atoms with Crippen molar-refractivity contribution in [3.63, 3.8) is 0 Å². The third kappa shape index (κ3) is 9.72. The monoisotopic (exact) mass is 483 g/mol. The maximum atomic E-state index is 6.01. The highest BCUT2D eigenvalue weighted by Crippen LogP contribution is 2.21. The number of nitrogens with zero attached hydrogens (tertiary/aromatic N) is 1. The lowest BCUT2D eigenvalue weighted by Gasteiger charge is -2.42. The van der Waals surface area contributed by atoms with Crippen molar-refractivity contribution in [2.24, 2.45) is 0 Å². The molecule has 1 fully saturated rings. The topological polar surface area (TPSA) is 9.23 Å². The third-order valence-corrected chi connectivity index (χ3v) is 6.87. The van der Waals surface area contributed by atoms with E-state index in [1.807, 2.05) is 24.3 Å². The predicted molar refractivity (Wildman–Crippen MR) is 129 cm³/mol. The molecule has 0 bridgehead atoms. The molecular weight excluding hydrogens is 449 g/mol. The van der Waals surface area contributed by atoms with E-state index in [2.05, 4.69) is 24.3 Å². The molecule has 1 aliphatic rings. The van der Waals surface area contributed by atoms with Gasteiger partial charge in [-0.2, -0.15) is 0 Å². The minimum Gasteiger partial charge on any atom is -1.00 e. The second-order valence-corrected chi connectivity index (χ2v) is 9.60. The Morgan fingerprint density at radius 2 is 1.13 bits per heavy atom. The molecule has 1 heterocycles. The number of aryl methyl sites for hydroxylation is 2. The van der Waals surface area contributed by atoms with Crippen LogP contribution in [0.1, 0.15) is 49.7 Å². The largest absolute Gasteiger partial charge is 1.00 e. The summed E-state index contributed by atoms with van der Waals surface area (Å²) in [6.45, 7) is 6.97. The Balaban J connectivity index is 0.00000341. The van der Waals surface area contributed by atoms with Gasteiger partial charge in [0.25, 0.3) is 0 Å². The number of benzene rings is 2. The van der Waals surface area contributed by atoms with Crippen LogP contribution in [0.25, 0.3) is 0 Å². The summed E-state index contributed by atoms with van der Waals surface area (Å²) in [4.78, 5) is 0. The van der Waals surface area contributed by atoms with E-state index >= 15 is 0 Å². The highest BCUT2D eigenvalue weighted by atomic mass is 35.5. The normalized spacial score (nSPS) is 15.4. The third-order valence-electron chi connectivity index (χ3n) is 6.36.